The van der Waals surface area contributed by atoms with E-state index in [9.17, 15) is 5.11 Å². The first kappa shape index (κ1) is 22.3. The maximum Gasteiger partial charge on any atom is 0.115 e. The predicted molar refractivity (Wildman–Crippen MR) is 125 cm³/mol. The van der Waals surface area contributed by atoms with Crippen molar-refractivity contribution in [3.05, 3.63) is 100 Å². The van der Waals surface area contributed by atoms with Gasteiger partial charge in [0.2, 0.25) is 0 Å². The molecule has 1 heteroatoms. The zero-order chi connectivity index (χ0) is 21.2. The summed E-state index contributed by atoms with van der Waals surface area (Å²) in [5.41, 5.74) is 7.43. The fraction of sp³-hybridized carbons (Fsp3) is 0.286. The monoisotopic (exact) mass is 384 g/mol. The Morgan fingerprint density at radius 2 is 1.21 bits per heavy atom. The van der Waals surface area contributed by atoms with E-state index in [4.69, 9.17) is 0 Å². The summed E-state index contributed by atoms with van der Waals surface area (Å²) in [5.74, 6) is 7.42. The molecule has 3 aromatic carbocycles. The highest BCUT2D eigenvalue weighted by atomic mass is 16.3. The van der Waals surface area contributed by atoms with Gasteiger partial charge in [-0.2, -0.15) is 0 Å². The third-order valence-corrected chi connectivity index (χ3v) is 4.65. The maximum absolute atomic E-state index is 9.25. The van der Waals surface area contributed by atoms with Crippen LogP contribution in [0.15, 0.2) is 66.7 Å². The summed E-state index contributed by atoms with van der Waals surface area (Å²) in [4.78, 5) is 0. The molecular formula is C28H32O. The van der Waals surface area contributed by atoms with Gasteiger partial charge in [-0.15, -0.1) is 0 Å². The number of rotatable bonds is 1. The SMILES string of the molecule is CC.Cc1ccc(C#Cc2ccc(O)cc2)c(C2CC2)c1.Cc1ccc(C)cc1. The Morgan fingerprint density at radius 1 is 0.690 bits per heavy atom. The van der Waals surface area contributed by atoms with Crippen LogP contribution in [0.2, 0.25) is 0 Å². The van der Waals surface area contributed by atoms with Gasteiger partial charge in [-0.3, -0.25) is 0 Å². The molecule has 0 saturated heterocycles. The standard InChI is InChI=1S/C18H16O.C8H10.C2H6/c1-13-2-6-15(18(12-13)16-8-9-16)7-3-14-4-10-17(19)11-5-14;1-7-3-5-8(2)6-4-7;1-2/h2,4-6,10-12,16,19H,8-9H2,1H3;3-6H,1-2H3;1-2H3. The Kier molecular flexibility index (Phi) is 8.56. The summed E-state index contributed by atoms with van der Waals surface area (Å²) in [7, 11) is 0. The summed E-state index contributed by atoms with van der Waals surface area (Å²) >= 11 is 0. The summed E-state index contributed by atoms with van der Waals surface area (Å²) < 4.78 is 0. The highest BCUT2D eigenvalue weighted by molar-refractivity contribution is 5.50. The first-order valence-electron chi connectivity index (χ1n) is 10.5. The van der Waals surface area contributed by atoms with Gasteiger partial charge in [0.15, 0.2) is 0 Å². The fourth-order valence-electron chi connectivity index (χ4n) is 2.85. The first-order chi connectivity index (χ1) is 14.0. The Labute approximate surface area is 176 Å². The van der Waals surface area contributed by atoms with E-state index >= 15 is 0 Å². The van der Waals surface area contributed by atoms with Crippen LogP contribution < -0.4 is 0 Å². The van der Waals surface area contributed by atoms with Crippen LogP contribution >= 0.6 is 0 Å². The third-order valence-electron chi connectivity index (χ3n) is 4.65. The van der Waals surface area contributed by atoms with Crippen molar-refractivity contribution in [2.24, 2.45) is 0 Å². The molecule has 0 bridgehead atoms. The second kappa shape index (κ2) is 11.1. The van der Waals surface area contributed by atoms with Gasteiger partial charge in [-0.05, 0) is 75.4 Å². The van der Waals surface area contributed by atoms with Crippen molar-refractivity contribution in [1.29, 1.82) is 0 Å². The minimum atomic E-state index is 0.277. The van der Waals surface area contributed by atoms with Gasteiger partial charge in [-0.25, -0.2) is 0 Å². The molecule has 1 saturated carbocycles. The van der Waals surface area contributed by atoms with Crippen LogP contribution in [0.1, 0.15) is 66.0 Å². The summed E-state index contributed by atoms with van der Waals surface area (Å²) in [6, 6.07) is 22.0. The van der Waals surface area contributed by atoms with Crippen LogP contribution in [-0.2, 0) is 0 Å². The number of hydrogen-bond donors (Lipinski definition) is 1. The normalized spacial score (nSPS) is 11.8. The lowest BCUT2D eigenvalue weighted by atomic mass is 10.0. The average molecular weight is 385 g/mol. The van der Waals surface area contributed by atoms with Gasteiger partial charge in [0, 0.05) is 11.1 Å². The van der Waals surface area contributed by atoms with Gasteiger partial charge >= 0.3 is 0 Å². The van der Waals surface area contributed by atoms with E-state index in [1.54, 1.807) is 12.1 Å². The molecule has 0 aromatic heterocycles. The van der Waals surface area contributed by atoms with Crippen LogP contribution in [0.25, 0.3) is 0 Å². The molecule has 0 aliphatic heterocycles. The summed E-state index contributed by atoms with van der Waals surface area (Å²) in [5, 5.41) is 9.25. The second-order valence-electron chi connectivity index (χ2n) is 7.32. The minimum absolute atomic E-state index is 0.277. The van der Waals surface area contributed by atoms with Crippen molar-refractivity contribution in [3.63, 3.8) is 0 Å². The smallest absolute Gasteiger partial charge is 0.115 e. The lowest BCUT2D eigenvalue weighted by Gasteiger charge is -2.03. The van der Waals surface area contributed by atoms with Crippen LogP contribution in [-0.4, -0.2) is 5.11 Å². The lowest BCUT2D eigenvalue weighted by molar-refractivity contribution is 0.475. The lowest BCUT2D eigenvalue weighted by Crippen LogP contribution is -1.88. The van der Waals surface area contributed by atoms with E-state index in [2.05, 4.69) is 75.1 Å². The van der Waals surface area contributed by atoms with Gasteiger partial charge in [0.1, 0.15) is 5.75 Å². The molecule has 1 nitrogen and oxygen atoms in total. The van der Waals surface area contributed by atoms with E-state index < -0.39 is 0 Å². The van der Waals surface area contributed by atoms with Crippen LogP contribution in [0.5, 0.6) is 5.75 Å². The molecule has 0 atom stereocenters. The molecule has 29 heavy (non-hydrogen) atoms. The number of aryl methyl sites for hydroxylation is 3. The largest absolute Gasteiger partial charge is 0.508 e. The molecule has 4 rings (SSSR count). The molecule has 1 aliphatic carbocycles. The molecule has 3 aromatic rings. The van der Waals surface area contributed by atoms with Crippen LogP contribution in [0.4, 0.5) is 0 Å². The minimum Gasteiger partial charge on any atom is -0.508 e. The summed E-state index contributed by atoms with van der Waals surface area (Å²) in [6.07, 6.45) is 2.58. The van der Waals surface area contributed by atoms with Crippen molar-refractivity contribution in [3.8, 4) is 17.6 Å². The third kappa shape index (κ3) is 7.51. The van der Waals surface area contributed by atoms with Gasteiger partial charge in [0.25, 0.3) is 0 Å². The average Bonchev–Trinajstić information content (AvgIpc) is 3.58. The number of phenolic OH excluding ortho intramolecular Hbond substituents is 1. The van der Waals surface area contributed by atoms with Crippen molar-refractivity contribution in [2.75, 3.05) is 0 Å². The molecule has 1 aliphatic rings. The molecule has 1 fully saturated rings. The predicted octanol–water partition coefficient (Wildman–Crippen LogP) is 7.31. The second-order valence-corrected chi connectivity index (χ2v) is 7.32. The van der Waals surface area contributed by atoms with Gasteiger partial charge < -0.3 is 5.11 Å². The Morgan fingerprint density at radius 3 is 1.72 bits per heavy atom. The van der Waals surface area contributed by atoms with E-state index in [1.165, 1.54) is 35.1 Å². The zero-order valence-electron chi connectivity index (χ0n) is 18.3. The Balaban J connectivity index is 0.000000252. The van der Waals surface area contributed by atoms with Crippen molar-refractivity contribution in [1.82, 2.24) is 0 Å². The topological polar surface area (TPSA) is 20.2 Å². The maximum atomic E-state index is 9.25. The number of benzene rings is 3. The Hall–Kier alpha value is -2.98. The molecule has 1 N–H and O–H groups in total. The molecule has 0 amide bonds. The highest BCUT2D eigenvalue weighted by Crippen LogP contribution is 2.41. The van der Waals surface area contributed by atoms with E-state index in [1.807, 2.05) is 26.0 Å². The van der Waals surface area contributed by atoms with Gasteiger partial charge in [-0.1, -0.05) is 78.8 Å². The van der Waals surface area contributed by atoms with Gasteiger partial charge in [0.05, 0.1) is 0 Å². The van der Waals surface area contributed by atoms with E-state index in [-0.39, 0.29) is 5.75 Å². The zero-order valence-corrected chi connectivity index (χ0v) is 18.3. The van der Waals surface area contributed by atoms with Crippen molar-refractivity contribution < 1.29 is 5.11 Å². The first-order valence-corrected chi connectivity index (χ1v) is 10.5. The van der Waals surface area contributed by atoms with E-state index in [0.717, 1.165) is 11.1 Å². The number of aromatic hydroxyl groups is 1. The number of hydrogen-bond acceptors (Lipinski definition) is 1. The Bertz CT molecular complexity index is 929. The molecule has 0 spiro atoms. The highest BCUT2D eigenvalue weighted by Gasteiger charge is 2.25. The molecule has 150 valence electrons. The fourth-order valence-corrected chi connectivity index (χ4v) is 2.85. The van der Waals surface area contributed by atoms with E-state index in [0.29, 0.717) is 5.92 Å². The van der Waals surface area contributed by atoms with Crippen LogP contribution in [0, 0.1) is 32.6 Å². The van der Waals surface area contributed by atoms with Crippen molar-refractivity contribution >= 4 is 0 Å². The van der Waals surface area contributed by atoms with Crippen molar-refractivity contribution in [2.45, 2.75) is 53.4 Å². The molecule has 0 heterocycles. The molecular weight excluding hydrogens is 352 g/mol. The number of phenols is 1. The molecule has 0 radical (unpaired) electrons. The quantitative estimate of drug-likeness (QED) is 0.436. The molecule has 0 unspecified atom stereocenters. The van der Waals surface area contributed by atoms with Crippen LogP contribution in [0.3, 0.4) is 0 Å². The summed E-state index contributed by atoms with van der Waals surface area (Å²) in [6.45, 7) is 10.3.